The van der Waals surface area contributed by atoms with E-state index in [2.05, 4.69) is 10.5 Å². The van der Waals surface area contributed by atoms with Crippen LogP contribution < -0.4 is 15.0 Å². The lowest BCUT2D eigenvalue weighted by atomic mass is 9.98. The second-order valence-corrected chi connectivity index (χ2v) is 11.4. The summed E-state index contributed by atoms with van der Waals surface area (Å²) in [5.74, 6) is -0.380. The van der Waals surface area contributed by atoms with Crippen molar-refractivity contribution in [1.82, 2.24) is 4.90 Å². The lowest BCUT2D eigenvalue weighted by molar-refractivity contribution is -0.149. The van der Waals surface area contributed by atoms with Gasteiger partial charge in [-0.1, -0.05) is 12.1 Å². The third-order valence-electron chi connectivity index (χ3n) is 5.38. The fourth-order valence-electron chi connectivity index (χ4n) is 3.18. The Bertz CT molecular complexity index is 1440. The number of amides is 1. The zero-order valence-electron chi connectivity index (χ0n) is 22.0. The molecule has 0 atom stereocenters. The molecule has 202 valence electrons. The number of methoxy groups -OCH3 is 1. The van der Waals surface area contributed by atoms with Crippen molar-refractivity contribution < 1.29 is 28.7 Å². The molecule has 2 heterocycles. The molecule has 1 N–H and O–H groups in total. The molecule has 1 saturated heterocycles. The number of aliphatic imine (C=N–C) groups is 1. The molecule has 2 aromatic carbocycles. The molecule has 1 amide bonds. The van der Waals surface area contributed by atoms with Crippen molar-refractivity contribution in [2.24, 2.45) is 10.4 Å². The summed E-state index contributed by atoms with van der Waals surface area (Å²) in [6.45, 7) is 5.31. The predicted molar refractivity (Wildman–Crippen MR) is 153 cm³/mol. The number of nitrogens with one attached hydrogen (secondary N) is 1. The monoisotopic (exact) mass is 565 g/mol. The molecule has 0 saturated carbocycles. The predicted octanol–water partition coefficient (Wildman–Crippen LogP) is 6.13. The number of hydrogen-bond donors (Lipinski definition) is 1. The molecular formula is C28H27N3O6S2. The number of rotatable bonds is 7. The van der Waals surface area contributed by atoms with E-state index in [1.165, 1.54) is 35.1 Å². The average Bonchev–Trinajstić information content (AvgIpc) is 3.54. The molecule has 11 heteroatoms. The highest BCUT2D eigenvalue weighted by Gasteiger charge is 2.30. The van der Waals surface area contributed by atoms with Gasteiger partial charge in [-0.2, -0.15) is 0 Å². The molecule has 4 rings (SSSR count). The normalized spacial score (nSPS) is 15.5. The molecule has 1 aromatic heterocycles. The molecule has 1 aliphatic heterocycles. The molecule has 3 aromatic rings. The van der Waals surface area contributed by atoms with Gasteiger partial charge in [-0.25, -0.2) is 20.1 Å². The minimum absolute atomic E-state index is 0.196. The topological polar surface area (TPSA) is 107 Å². The summed E-state index contributed by atoms with van der Waals surface area (Å²) in [5.41, 5.74) is 3.95. The van der Waals surface area contributed by atoms with Crippen LogP contribution in [0.25, 0.3) is 6.08 Å². The maximum Gasteiger partial charge on any atom is 0.353 e. The van der Waals surface area contributed by atoms with E-state index in [-0.39, 0.29) is 17.6 Å². The maximum atomic E-state index is 12.9. The highest BCUT2D eigenvalue weighted by atomic mass is 32.2. The number of benzene rings is 2. The van der Waals surface area contributed by atoms with E-state index in [0.29, 0.717) is 37.6 Å². The molecule has 39 heavy (non-hydrogen) atoms. The summed E-state index contributed by atoms with van der Waals surface area (Å²) in [5, 5.41) is 2.31. The van der Waals surface area contributed by atoms with Crippen LogP contribution in [0.1, 0.15) is 36.0 Å². The highest BCUT2D eigenvalue weighted by Crippen LogP contribution is 2.35. The SMILES string of the molecule is COc1cc(C=C2SC(=Nc3ccc(NOC(=O)C(C)(C)C)cc3)N(C)C2=O)ccc1OC(=O)c1cccs1. The number of amidine groups is 1. The van der Waals surface area contributed by atoms with E-state index < -0.39 is 11.4 Å². The quantitative estimate of drug-likeness (QED) is 0.158. The molecule has 9 nitrogen and oxygen atoms in total. The number of thioether (sulfide) groups is 1. The van der Waals surface area contributed by atoms with Gasteiger partial charge in [-0.05, 0) is 92.0 Å². The zero-order valence-corrected chi connectivity index (χ0v) is 23.6. The number of thiophene rings is 1. The number of anilines is 1. The van der Waals surface area contributed by atoms with Gasteiger partial charge >= 0.3 is 11.9 Å². The standard InChI is InChI=1S/C28H27N3O6S2/c1-28(2,3)26(34)37-30-19-11-9-18(10-12-19)29-27-31(4)24(32)23(39-27)16-17-8-13-20(21(15-17)35-5)36-25(33)22-7-6-14-38-22/h6-16,30H,1-5H3. The summed E-state index contributed by atoms with van der Waals surface area (Å²) in [6, 6.07) is 15.5. The van der Waals surface area contributed by atoms with Gasteiger partial charge in [0, 0.05) is 7.05 Å². The Morgan fingerprint density at radius 1 is 1.05 bits per heavy atom. The van der Waals surface area contributed by atoms with E-state index in [0.717, 1.165) is 0 Å². The first-order valence-corrected chi connectivity index (χ1v) is 13.5. The fraction of sp³-hybridized carbons (Fsp3) is 0.214. The zero-order chi connectivity index (χ0) is 28.2. The third kappa shape index (κ3) is 6.87. The Kier molecular flexibility index (Phi) is 8.41. The third-order valence-corrected chi connectivity index (χ3v) is 7.29. The highest BCUT2D eigenvalue weighted by molar-refractivity contribution is 8.18. The minimum atomic E-state index is -0.620. The fourth-order valence-corrected chi connectivity index (χ4v) is 4.76. The first kappa shape index (κ1) is 27.9. The van der Waals surface area contributed by atoms with Crippen LogP contribution >= 0.6 is 23.1 Å². The van der Waals surface area contributed by atoms with Crippen LogP contribution in [0.3, 0.4) is 0 Å². The number of likely N-dealkylation sites (N-methyl/N-ethyl adjacent to an activating group) is 1. The summed E-state index contributed by atoms with van der Waals surface area (Å²) < 4.78 is 10.9. The first-order chi connectivity index (χ1) is 18.5. The van der Waals surface area contributed by atoms with Crippen LogP contribution in [-0.4, -0.2) is 42.1 Å². The Labute approximate surface area is 234 Å². The van der Waals surface area contributed by atoms with Gasteiger partial charge in [0.15, 0.2) is 16.7 Å². The summed E-state index contributed by atoms with van der Waals surface area (Å²) in [7, 11) is 3.14. The van der Waals surface area contributed by atoms with Gasteiger partial charge in [-0.15, -0.1) is 11.3 Å². The van der Waals surface area contributed by atoms with Gasteiger partial charge < -0.3 is 14.3 Å². The van der Waals surface area contributed by atoms with Crippen LogP contribution in [0.2, 0.25) is 0 Å². The number of nitrogens with zero attached hydrogens (tertiary/aromatic N) is 2. The Hall–Kier alpha value is -4.09. The Morgan fingerprint density at radius 2 is 1.79 bits per heavy atom. The van der Waals surface area contributed by atoms with Crippen LogP contribution in [0.15, 0.2) is 69.9 Å². The van der Waals surface area contributed by atoms with Crippen LogP contribution in [-0.2, 0) is 14.4 Å². The molecule has 0 bridgehead atoms. The van der Waals surface area contributed by atoms with Crippen molar-refractivity contribution >= 4 is 63.6 Å². The number of ether oxygens (including phenoxy) is 2. The van der Waals surface area contributed by atoms with E-state index in [4.69, 9.17) is 14.3 Å². The second-order valence-electron chi connectivity index (χ2n) is 9.43. The van der Waals surface area contributed by atoms with Crippen molar-refractivity contribution in [3.8, 4) is 11.5 Å². The molecule has 1 aliphatic rings. The Balaban J connectivity index is 1.45. The minimum Gasteiger partial charge on any atom is -0.493 e. The number of hydrogen-bond acceptors (Lipinski definition) is 10. The second kappa shape index (κ2) is 11.7. The molecule has 0 spiro atoms. The molecular weight excluding hydrogens is 538 g/mol. The van der Waals surface area contributed by atoms with E-state index in [1.54, 1.807) is 93.9 Å². The van der Waals surface area contributed by atoms with Crippen LogP contribution in [0, 0.1) is 5.41 Å². The van der Waals surface area contributed by atoms with Crippen LogP contribution in [0.5, 0.6) is 11.5 Å². The lowest BCUT2D eigenvalue weighted by Crippen LogP contribution is -2.25. The first-order valence-electron chi connectivity index (χ1n) is 11.8. The maximum absolute atomic E-state index is 12.9. The van der Waals surface area contributed by atoms with Crippen molar-refractivity contribution in [2.75, 3.05) is 19.6 Å². The number of carbonyl (C=O) groups is 3. The van der Waals surface area contributed by atoms with Gasteiger partial charge in [0.2, 0.25) is 0 Å². The van der Waals surface area contributed by atoms with E-state index in [9.17, 15) is 14.4 Å². The summed E-state index contributed by atoms with van der Waals surface area (Å²) >= 11 is 2.53. The number of carbonyl (C=O) groups excluding carboxylic acids is 3. The van der Waals surface area contributed by atoms with Gasteiger partial charge in [0.05, 0.1) is 28.8 Å². The summed E-state index contributed by atoms with van der Waals surface area (Å²) in [4.78, 5) is 49.3. The summed E-state index contributed by atoms with van der Waals surface area (Å²) in [6.07, 6.45) is 1.73. The molecule has 0 unspecified atom stereocenters. The number of esters is 1. The smallest absolute Gasteiger partial charge is 0.353 e. The van der Waals surface area contributed by atoms with Gasteiger partial charge in [-0.3, -0.25) is 9.69 Å². The van der Waals surface area contributed by atoms with Gasteiger partial charge in [0.1, 0.15) is 4.88 Å². The Morgan fingerprint density at radius 3 is 2.44 bits per heavy atom. The van der Waals surface area contributed by atoms with Crippen molar-refractivity contribution in [3.05, 3.63) is 75.3 Å². The van der Waals surface area contributed by atoms with Crippen molar-refractivity contribution in [1.29, 1.82) is 0 Å². The van der Waals surface area contributed by atoms with Crippen molar-refractivity contribution in [3.63, 3.8) is 0 Å². The van der Waals surface area contributed by atoms with Gasteiger partial charge in [0.25, 0.3) is 5.91 Å². The lowest BCUT2D eigenvalue weighted by Gasteiger charge is -2.16. The van der Waals surface area contributed by atoms with E-state index in [1.807, 2.05) is 0 Å². The largest absolute Gasteiger partial charge is 0.493 e. The van der Waals surface area contributed by atoms with E-state index >= 15 is 0 Å². The van der Waals surface area contributed by atoms with Crippen molar-refractivity contribution in [2.45, 2.75) is 20.8 Å². The average molecular weight is 566 g/mol. The van der Waals surface area contributed by atoms with Crippen LogP contribution in [0.4, 0.5) is 11.4 Å². The molecule has 0 radical (unpaired) electrons. The molecule has 0 aliphatic carbocycles. The molecule has 1 fully saturated rings.